The Morgan fingerprint density at radius 3 is 3.00 bits per heavy atom. The number of fused-ring (bicyclic) bond motifs is 1. The van der Waals surface area contributed by atoms with Crippen LogP contribution < -0.4 is 16.6 Å². The van der Waals surface area contributed by atoms with E-state index in [1.165, 1.54) is 11.1 Å². The Labute approximate surface area is 88.8 Å². The van der Waals surface area contributed by atoms with Crippen molar-refractivity contribution in [1.29, 1.82) is 0 Å². The summed E-state index contributed by atoms with van der Waals surface area (Å²) in [6.45, 7) is 0. The average molecular weight is 205 g/mol. The zero-order valence-corrected chi connectivity index (χ0v) is 8.49. The zero-order chi connectivity index (χ0) is 10.7. The normalized spacial score (nSPS) is 19.3. The Bertz CT molecular complexity index is 365. The van der Waals surface area contributed by atoms with Gasteiger partial charge in [0.15, 0.2) is 0 Å². The first-order valence-electron chi connectivity index (χ1n) is 5.16. The van der Waals surface area contributed by atoms with E-state index in [-0.39, 0.29) is 6.04 Å². The first-order valence-corrected chi connectivity index (χ1v) is 5.16. The summed E-state index contributed by atoms with van der Waals surface area (Å²) in [4.78, 5) is 10.6. The second-order valence-electron chi connectivity index (χ2n) is 3.78. The van der Waals surface area contributed by atoms with Gasteiger partial charge in [-0.05, 0) is 30.4 Å². The largest absolute Gasteiger partial charge is 0.351 e. The van der Waals surface area contributed by atoms with Gasteiger partial charge in [0.1, 0.15) is 0 Å². The van der Waals surface area contributed by atoms with E-state index in [0.717, 1.165) is 19.3 Å². The molecule has 4 N–H and O–H groups in total. The van der Waals surface area contributed by atoms with Crippen LogP contribution in [0.5, 0.6) is 0 Å². The van der Waals surface area contributed by atoms with Gasteiger partial charge in [-0.3, -0.25) is 5.43 Å². The average Bonchev–Trinajstić information content (AvgIpc) is 2.26. The summed E-state index contributed by atoms with van der Waals surface area (Å²) in [6, 6.07) is 7.93. The lowest BCUT2D eigenvalue weighted by molar-refractivity contribution is 0.241. The third-order valence-corrected chi connectivity index (χ3v) is 2.74. The lowest BCUT2D eigenvalue weighted by atomic mass is 9.88. The van der Waals surface area contributed by atoms with Gasteiger partial charge in [-0.15, -0.1) is 0 Å². The zero-order valence-electron chi connectivity index (χ0n) is 8.49. The summed E-state index contributed by atoms with van der Waals surface area (Å²) in [5, 5.41) is 0. The Hall–Kier alpha value is -1.55. The number of carbonyl (C=O) groups is 1. The minimum Gasteiger partial charge on any atom is -0.351 e. The number of urea groups is 1. The fourth-order valence-electron chi connectivity index (χ4n) is 2.06. The standard InChI is InChI=1S/C11H15N3O/c12-11(15)14-13-10-7-3-5-8-4-1-2-6-9(8)10/h1-2,4,6,10,13H,3,5,7H2,(H3,12,14,15). The van der Waals surface area contributed by atoms with Gasteiger partial charge in [0.25, 0.3) is 0 Å². The second-order valence-corrected chi connectivity index (χ2v) is 3.78. The highest BCUT2D eigenvalue weighted by Gasteiger charge is 2.19. The fourth-order valence-corrected chi connectivity index (χ4v) is 2.06. The first kappa shape index (κ1) is 9.98. The molecule has 2 amide bonds. The molecule has 1 atom stereocenters. The van der Waals surface area contributed by atoms with Crippen molar-refractivity contribution in [3.05, 3.63) is 35.4 Å². The number of amides is 2. The van der Waals surface area contributed by atoms with Crippen molar-refractivity contribution < 1.29 is 4.79 Å². The van der Waals surface area contributed by atoms with Crippen LogP contribution in [0.1, 0.15) is 30.0 Å². The van der Waals surface area contributed by atoms with E-state index < -0.39 is 6.03 Å². The van der Waals surface area contributed by atoms with Crippen molar-refractivity contribution in [1.82, 2.24) is 10.9 Å². The molecule has 1 unspecified atom stereocenters. The van der Waals surface area contributed by atoms with Crippen molar-refractivity contribution in [2.24, 2.45) is 5.73 Å². The third-order valence-electron chi connectivity index (χ3n) is 2.74. The predicted octanol–water partition coefficient (Wildman–Crippen LogP) is 1.24. The number of benzene rings is 1. The Morgan fingerprint density at radius 1 is 1.40 bits per heavy atom. The third kappa shape index (κ3) is 2.27. The van der Waals surface area contributed by atoms with Crippen LogP contribution in [0.4, 0.5) is 4.79 Å². The molecule has 4 nitrogen and oxygen atoms in total. The number of aryl methyl sites for hydroxylation is 1. The lowest BCUT2D eigenvalue weighted by Crippen LogP contribution is -2.43. The van der Waals surface area contributed by atoms with Crippen LogP contribution >= 0.6 is 0 Å². The lowest BCUT2D eigenvalue weighted by Gasteiger charge is -2.26. The number of hydrogen-bond donors (Lipinski definition) is 3. The molecular weight excluding hydrogens is 190 g/mol. The van der Waals surface area contributed by atoms with Crippen LogP contribution in [0.25, 0.3) is 0 Å². The highest BCUT2D eigenvalue weighted by atomic mass is 16.2. The highest BCUT2D eigenvalue weighted by Crippen LogP contribution is 2.28. The number of rotatable bonds is 2. The van der Waals surface area contributed by atoms with Crippen molar-refractivity contribution in [3.63, 3.8) is 0 Å². The molecule has 0 fully saturated rings. The molecule has 0 saturated heterocycles. The fraction of sp³-hybridized carbons (Fsp3) is 0.364. The van der Waals surface area contributed by atoms with E-state index >= 15 is 0 Å². The molecule has 0 aliphatic heterocycles. The molecule has 0 bridgehead atoms. The van der Waals surface area contributed by atoms with E-state index in [1.807, 2.05) is 12.1 Å². The number of hydrazine groups is 1. The van der Waals surface area contributed by atoms with Gasteiger partial charge in [0, 0.05) is 0 Å². The van der Waals surface area contributed by atoms with Crippen LogP contribution in [0, 0.1) is 0 Å². The van der Waals surface area contributed by atoms with Gasteiger partial charge >= 0.3 is 6.03 Å². The number of primary amides is 1. The minimum atomic E-state index is -0.543. The quantitative estimate of drug-likeness (QED) is 0.636. The molecule has 0 aromatic heterocycles. The molecule has 2 rings (SSSR count). The molecule has 15 heavy (non-hydrogen) atoms. The minimum absolute atomic E-state index is 0.183. The molecule has 1 aliphatic carbocycles. The Balaban J connectivity index is 2.11. The number of carbonyl (C=O) groups excluding carboxylic acids is 1. The Morgan fingerprint density at radius 2 is 2.20 bits per heavy atom. The van der Waals surface area contributed by atoms with Crippen molar-refractivity contribution in [2.45, 2.75) is 25.3 Å². The molecule has 0 heterocycles. The van der Waals surface area contributed by atoms with E-state index in [1.54, 1.807) is 0 Å². The maximum absolute atomic E-state index is 10.6. The SMILES string of the molecule is NC(=O)NNC1CCCc2ccccc21. The first-order chi connectivity index (χ1) is 7.27. The molecule has 1 aromatic carbocycles. The van der Waals surface area contributed by atoms with E-state index in [2.05, 4.69) is 23.0 Å². The molecule has 1 aliphatic rings. The van der Waals surface area contributed by atoms with Gasteiger partial charge in [-0.1, -0.05) is 24.3 Å². The monoisotopic (exact) mass is 205 g/mol. The van der Waals surface area contributed by atoms with Crippen molar-refractivity contribution in [3.8, 4) is 0 Å². The van der Waals surface area contributed by atoms with Gasteiger partial charge in [0.2, 0.25) is 0 Å². The van der Waals surface area contributed by atoms with E-state index in [4.69, 9.17) is 5.73 Å². The van der Waals surface area contributed by atoms with Gasteiger partial charge in [-0.2, -0.15) is 0 Å². The van der Waals surface area contributed by atoms with Gasteiger partial charge in [0.05, 0.1) is 6.04 Å². The molecule has 0 spiro atoms. The molecule has 80 valence electrons. The van der Waals surface area contributed by atoms with Crippen molar-refractivity contribution in [2.75, 3.05) is 0 Å². The molecule has 0 saturated carbocycles. The van der Waals surface area contributed by atoms with Crippen LogP contribution in [-0.4, -0.2) is 6.03 Å². The second kappa shape index (κ2) is 4.31. The van der Waals surface area contributed by atoms with E-state index in [0.29, 0.717) is 0 Å². The van der Waals surface area contributed by atoms with Crippen molar-refractivity contribution >= 4 is 6.03 Å². The maximum Gasteiger partial charge on any atom is 0.326 e. The molecule has 1 aromatic rings. The summed E-state index contributed by atoms with van der Waals surface area (Å²) in [5.74, 6) is 0. The summed E-state index contributed by atoms with van der Waals surface area (Å²) < 4.78 is 0. The summed E-state index contributed by atoms with van der Waals surface area (Å²) in [6.07, 6.45) is 3.28. The predicted molar refractivity (Wildman–Crippen MR) is 58.0 cm³/mol. The van der Waals surface area contributed by atoms with Gasteiger partial charge in [-0.25, -0.2) is 10.2 Å². The highest BCUT2D eigenvalue weighted by molar-refractivity contribution is 5.71. The topological polar surface area (TPSA) is 67.2 Å². The number of nitrogens with one attached hydrogen (secondary N) is 2. The smallest absolute Gasteiger partial charge is 0.326 e. The summed E-state index contributed by atoms with van der Waals surface area (Å²) in [7, 11) is 0. The molecule has 4 heteroatoms. The van der Waals surface area contributed by atoms with Crippen LogP contribution in [0.3, 0.4) is 0 Å². The van der Waals surface area contributed by atoms with Gasteiger partial charge < -0.3 is 5.73 Å². The molecular formula is C11H15N3O. The number of hydrogen-bond acceptors (Lipinski definition) is 2. The maximum atomic E-state index is 10.6. The van der Waals surface area contributed by atoms with Crippen LogP contribution in [-0.2, 0) is 6.42 Å². The molecule has 0 radical (unpaired) electrons. The summed E-state index contributed by atoms with van der Waals surface area (Å²) >= 11 is 0. The van der Waals surface area contributed by atoms with Crippen LogP contribution in [0.15, 0.2) is 24.3 Å². The van der Waals surface area contributed by atoms with E-state index in [9.17, 15) is 4.79 Å². The Kier molecular flexibility index (Phi) is 2.87. The van der Waals surface area contributed by atoms with Crippen LogP contribution in [0.2, 0.25) is 0 Å². The number of nitrogens with two attached hydrogens (primary N) is 1. The summed E-state index contributed by atoms with van der Waals surface area (Å²) in [5.41, 5.74) is 13.0.